The minimum Gasteiger partial charge on any atom is -0.508 e. The van der Waals surface area contributed by atoms with E-state index < -0.39 is 0 Å². The Balaban J connectivity index is 0.00000109. The Labute approximate surface area is 150 Å². The second-order valence-corrected chi connectivity index (χ2v) is 5.89. The van der Waals surface area contributed by atoms with Crippen LogP contribution in [0.15, 0.2) is 54.6 Å². The van der Waals surface area contributed by atoms with Crippen LogP contribution < -0.4 is 0 Å². The Morgan fingerprint density at radius 3 is 1.60 bits per heavy atom. The third kappa shape index (κ3) is 3.53. The van der Waals surface area contributed by atoms with Gasteiger partial charge in [-0.2, -0.15) is 0 Å². The van der Waals surface area contributed by atoms with Gasteiger partial charge in [-0.3, -0.25) is 0 Å². The number of hydrogen-bond acceptors (Lipinski definition) is 2. The average Bonchev–Trinajstić information content (AvgIpc) is 2.66. The molecule has 2 N–H and O–H groups in total. The molecule has 0 spiro atoms. The van der Waals surface area contributed by atoms with Crippen LogP contribution in [0.4, 0.5) is 0 Å². The maximum Gasteiger partial charge on any atom is 0.122 e. The highest BCUT2D eigenvalue weighted by Crippen LogP contribution is 2.43. The first-order chi connectivity index (χ1) is 12.0. The van der Waals surface area contributed by atoms with Crippen molar-refractivity contribution in [2.24, 2.45) is 0 Å². The third-order valence-corrected chi connectivity index (χ3v) is 4.49. The van der Waals surface area contributed by atoms with Gasteiger partial charge in [0.05, 0.1) is 0 Å². The first kappa shape index (κ1) is 18.6. The summed E-state index contributed by atoms with van der Waals surface area (Å²) in [6.45, 7) is 9.92. The van der Waals surface area contributed by atoms with E-state index in [1.807, 2.05) is 65.0 Å². The molecule has 0 amide bonds. The summed E-state index contributed by atoms with van der Waals surface area (Å²) in [7, 11) is 0. The van der Waals surface area contributed by atoms with Gasteiger partial charge in [0.2, 0.25) is 0 Å². The highest BCUT2D eigenvalue weighted by atomic mass is 16.3. The van der Waals surface area contributed by atoms with Crippen LogP contribution in [0.1, 0.15) is 30.5 Å². The number of aromatic hydroxyl groups is 2. The zero-order valence-electron chi connectivity index (χ0n) is 15.6. The molecule has 2 nitrogen and oxygen atoms in total. The molecule has 0 unspecified atom stereocenters. The average molecular weight is 334 g/mol. The summed E-state index contributed by atoms with van der Waals surface area (Å²) in [6, 6.07) is 17.3. The van der Waals surface area contributed by atoms with Crippen molar-refractivity contribution in [3.63, 3.8) is 0 Å². The zero-order valence-corrected chi connectivity index (χ0v) is 15.6. The predicted octanol–water partition coefficient (Wildman–Crippen LogP) is 6.38. The van der Waals surface area contributed by atoms with Crippen molar-refractivity contribution in [1.29, 1.82) is 0 Å². The molecule has 0 heterocycles. The van der Waals surface area contributed by atoms with Crippen LogP contribution >= 0.6 is 0 Å². The van der Waals surface area contributed by atoms with Crippen LogP contribution in [0, 0.1) is 20.8 Å². The highest BCUT2D eigenvalue weighted by Gasteiger charge is 2.19. The van der Waals surface area contributed by atoms with Gasteiger partial charge in [0.15, 0.2) is 0 Å². The third-order valence-electron chi connectivity index (χ3n) is 4.49. The lowest BCUT2D eigenvalue weighted by Gasteiger charge is -2.20. The van der Waals surface area contributed by atoms with Crippen LogP contribution in [-0.2, 0) is 0 Å². The molecule has 0 saturated carbocycles. The van der Waals surface area contributed by atoms with Gasteiger partial charge < -0.3 is 10.2 Å². The molecule has 2 heteroatoms. The van der Waals surface area contributed by atoms with Crippen molar-refractivity contribution in [1.82, 2.24) is 0 Å². The molecule has 0 bridgehead atoms. The Bertz CT molecular complexity index is 848. The normalized spacial score (nSPS) is 10.1. The molecule has 3 aromatic rings. The largest absolute Gasteiger partial charge is 0.508 e. The van der Waals surface area contributed by atoms with E-state index in [0.717, 1.165) is 38.9 Å². The van der Waals surface area contributed by atoms with E-state index in [-0.39, 0.29) is 5.75 Å². The molecular formula is C23H26O2. The Morgan fingerprint density at radius 1 is 0.560 bits per heavy atom. The first-order valence-electron chi connectivity index (χ1n) is 8.68. The van der Waals surface area contributed by atoms with Crippen molar-refractivity contribution in [2.75, 3.05) is 0 Å². The van der Waals surface area contributed by atoms with Crippen LogP contribution in [0.25, 0.3) is 22.3 Å². The molecule has 0 aromatic heterocycles. The Kier molecular flexibility index (Phi) is 5.87. The molecule has 3 aromatic carbocycles. The van der Waals surface area contributed by atoms with Crippen molar-refractivity contribution in [2.45, 2.75) is 34.6 Å². The minimum atomic E-state index is 0.250. The zero-order chi connectivity index (χ0) is 18.6. The van der Waals surface area contributed by atoms with E-state index in [0.29, 0.717) is 5.75 Å². The topological polar surface area (TPSA) is 40.5 Å². The fraction of sp³-hybridized carbons (Fsp3) is 0.217. The molecule has 0 aliphatic heterocycles. The molecular weight excluding hydrogens is 308 g/mol. The molecule has 0 aliphatic carbocycles. The van der Waals surface area contributed by atoms with Crippen molar-refractivity contribution < 1.29 is 10.2 Å². The Morgan fingerprint density at radius 2 is 1.04 bits per heavy atom. The van der Waals surface area contributed by atoms with Gasteiger partial charge in [-0.1, -0.05) is 56.3 Å². The van der Waals surface area contributed by atoms with E-state index in [9.17, 15) is 10.2 Å². The minimum absolute atomic E-state index is 0.250. The molecule has 0 fully saturated rings. The maximum atomic E-state index is 10.5. The fourth-order valence-electron chi connectivity index (χ4n) is 3.09. The van der Waals surface area contributed by atoms with Crippen LogP contribution in [-0.4, -0.2) is 10.2 Å². The van der Waals surface area contributed by atoms with Crippen molar-refractivity contribution in [3.8, 4) is 33.8 Å². The standard InChI is InChI=1S/C21H20O2.C2H6/c1-13-14(2)21(23)15(3)20(16-7-5-4-6-8-16)19(13)17-9-11-18(22)12-10-17;1-2/h4-12,22-23H,1-3H3;1-2H3. The van der Waals surface area contributed by atoms with Gasteiger partial charge in [-0.25, -0.2) is 0 Å². The summed E-state index contributed by atoms with van der Waals surface area (Å²) >= 11 is 0. The quantitative estimate of drug-likeness (QED) is 0.570. The van der Waals surface area contributed by atoms with Crippen LogP contribution in [0.5, 0.6) is 11.5 Å². The molecule has 130 valence electrons. The molecule has 3 rings (SSSR count). The number of phenols is 2. The summed E-state index contributed by atoms with van der Waals surface area (Å²) in [5, 5.41) is 20.1. The smallest absolute Gasteiger partial charge is 0.122 e. The summed E-state index contributed by atoms with van der Waals surface area (Å²) in [5.74, 6) is 0.601. The number of hydrogen-bond donors (Lipinski definition) is 2. The molecule has 25 heavy (non-hydrogen) atoms. The highest BCUT2D eigenvalue weighted by molar-refractivity contribution is 5.90. The summed E-state index contributed by atoms with van der Waals surface area (Å²) in [5.41, 5.74) is 7.07. The number of phenolic OH excluding ortho intramolecular Hbond substituents is 2. The van der Waals surface area contributed by atoms with E-state index in [2.05, 4.69) is 12.1 Å². The number of rotatable bonds is 2. The molecule has 0 radical (unpaired) electrons. The fourth-order valence-corrected chi connectivity index (χ4v) is 3.09. The lowest BCUT2D eigenvalue weighted by Crippen LogP contribution is -1.97. The van der Waals surface area contributed by atoms with E-state index in [1.54, 1.807) is 12.1 Å². The van der Waals surface area contributed by atoms with Gasteiger partial charge in [0.25, 0.3) is 0 Å². The SMILES string of the molecule is CC.Cc1c(C)c(-c2ccc(O)cc2)c(-c2ccccc2)c(C)c1O. The van der Waals surface area contributed by atoms with E-state index in [1.165, 1.54) is 0 Å². The van der Waals surface area contributed by atoms with Gasteiger partial charge in [0, 0.05) is 0 Å². The number of benzene rings is 3. The second-order valence-electron chi connectivity index (χ2n) is 5.89. The van der Waals surface area contributed by atoms with E-state index >= 15 is 0 Å². The molecule has 0 saturated heterocycles. The molecule has 0 aliphatic rings. The van der Waals surface area contributed by atoms with Gasteiger partial charge in [-0.05, 0) is 71.8 Å². The van der Waals surface area contributed by atoms with E-state index in [4.69, 9.17) is 0 Å². The lowest BCUT2D eigenvalue weighted by molar-refractivity contribution is 0.466. The van der Waals surface area contributed by atoms with Gasteiger partial charge in [0.1, 0.15) is 11.5 Å². The van der Waals surface area contributed by atoms with Crippen molar-refractivity contribution >= 4 is 0 Å². The molecule has 0 atom stereocenters. The Hall–Kier alpha value is -2.74. The summed E-state index contributed by atoms with van der Waals surface area (Å²) in [4.78, 5) is 0. The maximum absolute atomic E-state index is 10.5. The first-order valence-corrected chi connectivity index (χ1v) is 8.68. The van der Waals surface area contributed by atoms with Crippen LogP contribution in [0.3, 0.4) is 0 Å². The van der Waals surface area contributed by atoms with Gasteiger partial charge in [-0.15, -0.1) is 0 Å². The van der Waals surface area contributed by atoms with Crippen molar-refractivity contribution in [3.05, 3.63) is 71.3 Å². The van der Waals surface area contributed by atoms with Gasteiger partial charge >= 0.3 is 0 Å². The lowest BCUT2D eigenvalue weighted by atomic mass is 9.85. The predicted molar refractivity (Wildman–Crippen MR) is 106 cm³/mol. The monoisotopic (exact) mass is 334 g/mol. The second kappa shape index (κ2) is 7.89. The van der Waals surface area contributed by atoms with Crippen LogP contribution in [0.2, 0.25) is 0 Å². The summed E-state index contributed by atoms with van der Waals surface area (Å²) < 4.78 is 0. The summed E-state index contributed by atoms with van der Waals surface area (Å²) in [6.07, 6.45) is 0.